The monoisotopic (exact) mass is 303 g/mol. The molecule has 0 radical (unpaired) electrons. The van der Waals surface area contributed by atoms with Crippen molar-refractivity contribution in [3.8, 4) is 0 Å². The Morgan fingerprint density at radius 3 is 2.68 bits per heavy atom. The van der Waals surface area contributed by atoms with Crippen molar-refractivity contribution < 1.29 is 9.18 Å². The highest BCUT2D eigenvalue weighted by atomic mass is 35.5. The predicted octanol–water partition coefficient (Wildman–Crippen LogP) is 4.21. The molecule has 1 N–H and O–H groups in total. The summed E-state index contributed by atoms with van der Waals surface area (Å²) in [6.45, 7) is 0. The minimum atomic E-state index is -1.04. The molecule has 5 heteroatoms. The van der Waals surface area contributed by atoms with Gasteiger partial charge in [0.1, 0.15) is 11.2 Å². The van der Waals surface area contributed by atoms with Crippen LogP contribution in [0.3, 0.4) is 0 Å². The van der Waals surface area contributed by atoms with Gasteiger partial charge in [0.15, 0.2) is 0 Å². The van der Waals surface area contributed by atoms with E-state index in [0.717, 1.165) is 25.7 Å². The van der Waals surface area contributed by atoms with Gasteiger partial charge >= 0.3 is 0 Å². The summed E-state index contributed by atoms with van der Waals surface area (Å²) in [5, 5.41) is 2.21. The number of amides is 1. The number of hydrogen-bond donors (Lipinski definition) is 1. The maximum Gasteiger partial charge on any atom is 0.242 e. The van der Waals surface area contributed by atoms with Crippen molar-refractivity contribution in [3.63, 3.8) is 0 Å². The third kappa shape index (κ3) is 3.83. The number of carbonyl (C=O) groups excluding carboxylic acids is 1. The van der Waals surface area contributed by atoms with Crippen molar-refractivity contribution in [3.05, 3.63) is 34.6 Å². The topological polar surface area (TPSA) is 29.1 Å². The van der Waals surface area contributed by atoms with Crippen LogP contribution in [-0.2, 0) is 4.79 Å². The lowest BCUT2D eigenvalue weighted by Gasteiger charge is -2.24. The number of hydrogen-bond acceptors (Lipinski definition) is 1. The molecule has 2 nitrogen and oxygen atoms in total. The van der Waals surface area contributed by atoms with E-state index in [1.807, 2.05) is 0 Å². The Kier molecular flexibility index (Phi) is 5.06. The first kappa shape index (κ1) is 14.6. The minimum absolute atomic E-state index is 0.127. The quantitative estimate of drug-likeness (QED) is 0.833. The highest BCUT2D eigenvalue weighted by molar-refractivity contribution is 6.32. The van der Waals surface area contributed by atoms with Crippen LogP contribution < -0.4 is 5.32 Å². The van der Waals surface area contributed by atoms with Crippen LogP contribution in [0.2, 0.25) is 5.02 Å². The van der Waals surface area contributed by atoms with Crippen LogP contribution in [0.5, 0.6) is 0 Å². The van der Waals surface area contributed by atoms with Gasteiger partial charge < -0.3 is 5.32 Å². The lowest BCUT2D eigenvalue weighted by Crippen LogP contribution is -2.38. The molecule has 1 amide bonds. The number of carbonyl (C=O) groups is 1. The fourth-order valence-corrected chi connectivity index (χ4v) is 2.78. The summed E-state index contributed by atoms with van der Waals surface area (Å²) < 4.78 is 13.6. The first-order valence-corrected chi connectivity index (χ1v) is 7.29. The minimum Gasteiger partial charge on any atom is -0.352 e. The average molecular weight is 304 g/mol. The zero-order chi connectivity index (χ0) is 13.8. The van der Waals surface area contributed by atoms with Crippen LogP contribution in [0.25, 0.3) is 0 Å². The zero-order valence-corrected chi connectivity index (χ0v) is 12.0. The summed E-state index contributed by atoms with van der Waals surface area (Å²) in [4.78, 5) is 12.0. The van der Waals surface area contributed by atoms with Crippen molar-refractivity contribution in [2.45, 2.75) is 43.5 Å². The van der Waals surface area contributed by atoms with Crippen molar-refractivity contribution in [2.24, 2.45) is 0 Å². The highest BCUT2D eigenvalue weighted by Crippen LogP contribution is 2.27. The van der Waals surface area contributed by atoms with E-state index in [-0.39, 0.29) is 17.5 Å². The summed E-state index contributed by atoms with van der Waals surface area (Å²) in [5.74, 6) is -0.863. The first-order chi connectivity index (χ1) is 9.08. The van der Waals surface area contributed by atoms with Crippen LogP contribution in [-0.4, -0.2) is 11.9 Å². The molecule has 0 aliphatic heterocycles. The van der Waals surface area contributed by atoms with E-state index in [2.05, 4.69) is 5.32 Å². The smallest absolute Gasteiger partial charge is 0.242 e. The molecule has 0 spiro atoms. The molecule has 1 fully saturated rings. The van der Waals surface area contributed by atoms with E-state index in [4.69, 9.17) is 23.2 Å². The third-order valence-corrected chi connectivity index (χ3v) is 4.08. The number of alkyl halides is 1. The van der Waals surface area contributed by atoms with E-state index in [1.54, 1.807) is 0 Å². The molecule has 19 heavy (non-hydrogen) atoms. The van der Waals surface area contributed by atoms with Gasteiger partial charge in [0, 0.05) is 16.6 Å². The predicted molar refractivity (Wildman–Crippen MR) is 75.0 cm³/mol. The Balaban J connectivity index is 2.03. The average Bonchev–Trinajstić information content (AvgIpc) is 2.42. The van der Waals surface area contributed by atoms with E-state index < -0.39 is 11.2 Å². The van der Waals surface area contributed by atoms with Gasteiger partial charge in [-0.3, -0.25) is 4.79 Å². The molecule has 2 rings (SSSR count). The lowest BCUT2D eigenvalue weighted by molar-refractivity contribution is -0.121. The fraction of sp³-hybridized carbons (Fsp3) is 0.500. The molecule has 1 aliphatic rings. The largest absolute Gasteiger partial charge is 0.352 e. The Bertz CT molecular complexity index is 461. The summed E-state index contributed by atoms with van der Waals surface area (Å²) in [6.07, 6.45) is 5.37. The van der Waals surface area contributed by atoms with Crippen LogP contribution in [0.1, 0.15) is 43.0 Å². The third-order valence-electron chi connectivity index (χ3n) is 3.41. The van der Waals surface area contributed by atoms with E-state index in [9.17, 15) is 9.18 Å². The molecule has 1 aromatic rings. The number of nitrogens with one attached hydrogen (secondary N) is 1. The Labute approximate surface area is 122 Å². The molecule has 1 aromatic carbocycles. The van der Waals surface area contributed by atoms with Gasteiger partial charge in [-0.05, 0) is 31.0 Å². The molecule has 1 atom stereocenters. The number of halogens is 3. The summed E-state index contributed by atoms with van der Waals surface area (Å²) >= 11 is 11.8. The maximum absolute atomic E-state index is 13.6. The standard InChI is InChI=1S/C14H16Cl2FNO/c15-9-6-7-12(17)11(8-9)13(16)14(19)18-10-4-2-1-3-5-10/h6-8,10,13H,1-5H2,(H,18,19). The van der Waals surface area contributed by atoms with E-state index in [1.165, 1.54) is 24.6 Å². The fourth-order valence-electron chi connectivity index (χ4n) is 2.37. The van der Waals surface area contributed by atoms with Crippen molar-refractivity contribution in [2.75, 3.05) is 0 Å². The van der Waals surface area contributed by atoms with Crippen molar-refractivity contribution in [1.29, 1.82) is 0 Å². The Morgan fingerprint density at radius 2 is 2.00 bits per heavy atom. The van der Waals surface area contributed by atoms with E-state index >= 15 is 0 Å². The molecule has 104 valence electrons. The van der Waals surface area contributed by atoms with Gasteiger partial charge in [0.05, 0.1) is 0 Å². The lowest BCUT2D eigenvalue weighted by atomic mass is 9.95. The van der Waals surface area contributed by atoms with Crippen molar-refractivity contribution >= 4 is 29.1 Å². The Morgan fingerprint density at radius 1 is 1.32 bits per heavy atom. The molecule has 0 bridgehead atoms. The zero-order valence-electron chi connectivity index (χ0n) is 10.5. The molecule has 0 heterocycles. The van der Waals surface area contributed by atoms with Gasteiger partial charge in [-0.15, -0.1) is 11.6 Å². The van der Waals surface area contributed by atoms with Crippen LogP contribution in [0.4, 0.5) is 4.39 Å². The molecule has 0 aromatic heterocycles. The van der Waals surface area contributed by atoms with E-state index in [0.29, 0.717) is 5.02 Å². The van der Waals surface area contributed by atoms with Gasteiger partial charge in [-0.25, -0.2) is 4.39 Å². The molecular formula is C14H16Cl2FNO. The summed E-state index contributed by atoms with van der Waals surface area (Å²) in [7, 11) is 0. The summed E-state index contributed by atoms with van der Waals surface area (Å²) in [6, 6.07) is 4.21. The van der Waals surface area contributed by atoms with Crippen LogP contribution in [0, 0.1) is 5.82 Å². The molecule has 1 saturated carbocycles. The van der Waals surface area contributed by atoms with Crippen molar-refractivity contribution in [1.82, 2.24) is 5.32 Å². The summed E-state index contributed by atoms with van der Waals surface area (Å²) in [5.41, 5.74) is 0.127. The second-order valence-electron chi connectivity index (χ2n) is 4.87. The normalized spacial score (nSPS) is 18.1. The highest BCUT2D eigenvalue weighted by Gasteiger charge is 2.24. The maximum atomic E-state index is 13.6. The Hall–Kier alpha value is -0.800. The second-order valence-corrected chi connectivity index (χ2v) is 5.74. The van der Waals surface area contributed by atoms with Gasteiger partial charge in [0.25, 0.3) is 0 Å². The SMILES string of the molecule is O=C(NC1CCCCC1)C(Cl)c1cc(Cl)ccc1F. The second kappa shape index (κ2) is 6.58. The van der Waals surface area contributed by atoms with Gasteiger partial charge in [0.2, 0.25) is 5.91 Å². The molecule has 1 aliphatic carbocycles. The number of rotatable bonds is 3. The van der Waals surface area contributed by atoms with Crippen LogP contribution in [0.15, 0.2) is 18.2 Å². The van der Waals surface area contributed by atoms with Crippen LogP contribution >= 0.6 is 23.2 Å². The molecule has 1 unspecified atom stereocenters. The molecule has 0 saturated heterocycles. The van der Waals surface area contributed by atoms with Gasteiger partial charge in [-0.2, -0.15) is 0 Å². The van der Waals surface area contributed by atoms with Gasteiger partial charge in [-0.1, -0.05) is 30.9 Å². The first-order valence-electron chi connectivity index (χ1n) is 6.47. The number of benzene rings is 1. The molecular weight excluding hydrogens is 288 g/mol.